The Hall–Kier alpha value is -2.53. The minimum atomic E-state index is -0.280. The molecule has 0 fully saturated rings. The first-order valence-corrected chi connectivity index (χ1v) is 7.55. The Balaban J connectivity index is 1.66. The van der Waals surface area contributed by atoms with Crippen LogP contribution in [0.5, 0.6) is 5.75 Å². The van der Waals surface area contributed by atoms with Crippen LogP contribution in [0.1, 0.15) is 11.1 Å². The van der Waals surface area contributed by atoms with Crippen molar-refractivity contribution >= 4 is 34.5 Å². The molecule has 118 valence electrons. The summed E-state index contributed by atoms with van der Waals surface area (Å²) in [5, 5.41) is 3.35. The van der Waals surface area contributed by atoms with E-state index in [-0.39, 0.29) is 12.5 Å². The lowest BCUT2D eigenvalue weighted by atomic mass is 10.1. The highest BCUT2D eigenvalue weighted by Gasteiger charge is 2.10. The molecule has 0 saturated heterocycles. The van der Waals surface area contributed by atoms with Gasteiger partial charge in [-0.25, -0.2) is 4.98 Å². The average Bonchev–Trinajstić information content (AvgIpc) is 2.88. The quantitative estimate of drug-likeness (QED) is 0.764. The van der Waals surface area contributed by atoms with Gasteiger partial charge in [-0.1, -0.05) is 23.7 Å². The number of fused-ring (bicyclic) bond motifs is 1. The first kappa shape index (κ1) is 15.4. The third kappa shape index (κ3) is 3.46. The first-order chi connectivity index (χ1) is 11.0. The maximum Gasteiger partial charge on any atom is 0.264 e. The smallest absolute Gasteiger partial charge is 0.264 e. The van der Waals surface area contributed by atoms with E-state index in [0.717, 1.165) is 22.2 Å². The van der Waals surface area contributed by atoms with Crippen LogP contribution in [-0.2, 0) is 4.79 Å². The Bertz CT molecular complexity index is 817. The number of anilines is 1. The van der Waals surface area contributed by atoms with Crippen molar-refractivity contribution in [2.45, 2.75) is 13.8 Å². The summed E-state index contributed by atoms with van der Waals surface area (Å²) in [7, 11) is 0. The minimum Gasteiger partial charge on any atom is -0.483 e. The van der Waals surface area contributed by atoms with Gasteiger partial charge < -0.3 is 9.72 Å². The number of nitrogens with one attached hydrogen (secondary N) is 2. The molecule has 23 heavy (non-hydrogen) atoms. The molecular weight excluding hydrogens is 314 g/mol. The highest BCUT2D eigenvalue weighted by atomic mass is 35.5. The van der Waals surface area contributed by atoms with Crippen LogP contribution in [0.3, 0.4) is 0 Å². The number of imidazole rings is 1. The number of para-hydroxylation sites is 2. The third-order valence-electron chi connectivity index (χ3n) is 3.42. The highest BCUT2D eigenvalue weighted by molar-refractivity contribution is 6.30. The number of nitrogens with zero attached hydrogens (tertiary/aromatic N) is 1. The lowest BCUT2D eigenvalue weighted by Gasteiger charge is -2.12. The molecule has 3 rings (SSSR count). The van der Waals surface area contributed by atoms with Gasteiger partial charge in [-0.15, -0.1) is 0 Å². The van der Waals surface area contributed by atoms with Crippen LogP contribution in [0, 0.1) is 13.8 Å². The molecule has 5 nitrogen and oxygen atoms in total. The summed E-state index contributed by atoms with van der Waals surface area (Å²) in [6, 6.07) is 11.2. The SMILES string of the molecule is Cc1cc(Cl)cc(C)c1OCC(=O)Nc1nc2ccccc2[nH]1. The van der Waals surface area contributed by atoms with Crippen molar-refractivity contribution in [2.24, 2.45) is 0 Å². The second-order valence-electron chi connectivity index (χ2n) is 5.31. The number of rotatable bonds is 4. The third-order valence-corrected chi connectivity index (χ3v) is 3.64. The van der Waals surface area contributed by atoms with Gasteiger partial charge in [0.2, 0.25) is 5.95 Å². The van der Waals surface area contributed by atoms with Crippen LogP contribution in [-0.4, -0.2) is 22.5 Å². The molecule has 0 aliphatic carbocycles. The van der Waals surface area contributed by atoms with Crippen molar-refractivity contribution in [3.8, 4) is 5.75 Å². The number of hydrogen-bond donors (Lipinski definition) is 2. The Morgan fingerprint density at radius 3 is 2.65 bits per heavy atom. The molecule has 3 aromatic rings. The van der Waals surface area contributed by atoms with Crippen molar-refractivity contribution in [1.29, 1.82) is 0 Å². The number of halogens is 1. The Labute approximate surface area is 138 Å². The number of aromatic amines is 1. The molecule has 2 aromatic carbocycles. The molecule has 0 atom stereocenters. The van der Waals surface area contributed by atoms with Crippen LogP contribution in [0.25, 0.3) is 11.0 Å². The van der Waals surface area contributed by atoms with Crippen LogP contribution >= 0.6 is 11.6 Å². The van der Waals surface area contributed by atoms with E-state index in [2.05, 4.69) is 15.3 Å². The summed E-state index contributed by atoms with van der Waals surface area (Å²) in [5.41, 5.74) is 3.46. The van der Waals surface area contributed by atoms with E-state index in [1.54, 1.807) is 12.1 Å². The molecule has 0 spiro atoms. The van der Waals surface area contributed by atoms with Gasteiger partial charge in [-0.05, 0) is 49.2 Å². The number of aryl methyl sites for hydroxylation is 2. The zero-order chi connectivity index (χ0) is 16.4. The number of carbonyl (C=O) groups is 1. The van der Waals surface area contributed by atoms with Crippen molar-refractivity contribution in [3.05, 3.63) is 52.5 Å². The summed E-state index contributed by atoms with van der Waals surface area (Å²) < 4.78 is 5.62. The van der Waals surface area contributed by atoms with Crippen LogP contribution in [0.4, 0.5) is 5.95 Å². The van der Waals surface area contributed by atoms with E-state index < -0.39 is 0 Å². The fourth-order valence-corrected chi connectivity index (χ4v) is 2.77. The van der Waals surface area contributed by atoms with Gasteiger partial charge in [-0.3, -0.25) is 10.1 Å². The monoisotopic (exact) mass is 329 g/mol. The zero-order valence-corrected chi connectivity index (χ0v) is 13.6. The topological polar surface area (TPSA) is 67.0 Å². The minimum absolute atomic E-state index is 0.0969. The van der Waals surface area contributed by atoms with Crippen molar-refractivity contribution in [2.75, 3.05) is 11.9 Å². The van der Waals surface area contributed by atoms with E-state index in [0.29, 0.717) is 16.7 Å². The number of carbonyl (C=O) groups excluding carboxylic acids is 1. The number of H-pyrrole nitrogens is 1. The van der Waals surface area contributed by atoms with Crippen molar-refractivity contribution < 1.29 is 9.53 Å². The van der Waals surface area contributed by atoms with Gasteiger partial charge in [0.1, 0.15) is 5.75 Å². The lowest BCUT2D eigenvalue weighted by molar-refractivity contribution is -0.118. The highest BCUT2D eigenvalue weighted by Crippen LogP contribution is 2.27. The fraction of sp³-hybridized carbons (Fsp3) is 0.176. The number of hydrogen-bond acceptors (Lipinski definition) is 3. The maximum absolute atomic E-state index is 12.0. The van der Waals surface area contributed by atoms with E-state index in [4.69, 9.17) is 16.3 Å². The molecule has 2 N–H and O–H groups in total. The largest absolute Gasteiger partial charge is 0.483 e. The lowest BCUT2D eigenvalue weighted by Crippen LogP contribution is -2.21. The standard InChI is InChI=1S/C17H16ClN3O2/c1-10-7-12(18)8-11(2)16(10)23-9-15(22)21-17-19-13-5-3-4-6-14(13)20-17/h3-8H,9H2,1-2H3,(H2,19,20,21,22). The molecular formula is C17H16ClN3O2. The predicted molar refractivity (Wildman–Crippen MR) is 91.1 cm³/mol. The van der Waals surface area contributed by atoms with Crippen LogP contribution in [0.2, 0.25) is 5.02 Å². The summed E-state index contributed by atoms with van der Waals surface area (Å²) in [6.07, 6.45) is 0. The molecule has 0 bridgehead atoms. The fourth-order valence-electron chi connectivity index (χ4n) is 2.44. The zero-order valence-electron chi connectivity index (χ0n) is 12.8. The van der Waals surface area contributed by atoms with E-state index in [9.17, 15) is 4.79 Å². The second kappa shape index (κ2) is 6.30. The molecule has 1 amide bonds. The van der Waals surface area contributed by atoms with Gasteiger partial charge in [0.05, 0.1) is 11.0 Å². The number of ether oxygens (including phenoxy) is 1. The van der Waals surface area contributed by atoms with Gasteiger partial charge >= 0.3 is 0 Å². The number of benzene rings is 2. The molecule has 1 aromatic heterocycles. The van der Waals surface area contributed by atoms with E-state index in [1.165, 1.54) is 0 Å². The first-order valence-electron chi connectivity index (χ1n) is 7.17. The Morgan fingerprint density at radius 1 is 1.26 bits per heavy atom. The molecule has 0 unspecified atom stereocenters. The van der Waals surface area contributed by atoms with Crippen molar-refractivity contribution in [1.82, 2.24) is 9.97 Å². The number of aromatic nitrogens is 2. The maximum atomic E-state index is 12.0. The second-order valence-corrected chi connectivity index (χ2v) is 5.74. The van der Waals surface area contributed by atoms with Crippen LogP contribution in [0.15, 0.2) is 36.4 Å². The normalized spacial score (nSPS) is 10.7. The van der Waals surface area contributed by atoms with E-state index >= 15 is 0 Å². The van der Waals surface area contributed by atoms with E-state index in [1.807, 2.05) is 38.1 Å². The molecule has 0 radical (unpaired) electrons. The molecule has 0 aliphatic heterocycles. The molecule has 0 saturated carbocycles. The van der Waals surface area contributed by atoms with Gasteiger partial charge in [0.15, 0.2) is 6.61 Å². The summed E-state index contributed by atoms with van der Waals surface area (Å²) >= 11 is 5.98. The van der Waals surface area contributed by atoms with Crippen molar-refractivity contribution in [3.63, 3.8) is 0 Å². The Kier molecular flexibility index (Phi) is 4.21. The molecule has 6 heteroatoms. The summed E-state index contributed by atoms with van der Waals surface area (Å²) in [6.45, 7) is 3.69. The summed E-state index contributed by atoms with van der Waals surface area (Å²) in [5.74, 6) is 0.802. The number of amides is 1. The summed E-state index contributed by atoms with van der Waals surface area (Å²) in [4.78, 5) is 19.4. The van der Waals surface area contributed by atoms with Gasteiger partial charge in [0.25, 0.3) is 5.91 Å². The van der Waals surface area contributed by atoms with Gasteiger partial charge in [0, 0.05) is 5.02 Å². The predicted octanol–water partition coefficient (Wildman–Crippen LogP) is 3.85. The molecule has 0 aliphatic rings. The molecule has 1 heterocycles. The van der Waals surface area contributed by atoms with Crippen LogP contribution < -0.4 is 10.1 Å². The Morgan fingerprint density at radius 2 is 1.96 bits per heavy atom. The average molecular weight is 330 g/mol. The van der Waals surface area contributed by atoms with Gasteiger partial charge in [-0.2, -0.15) is 0 Å².